The molecule has 0 fully saturated rings. The SMILES string of the molecule is CCN(Cc1ccc2c(c1)OCCO2)C(=O)COC(=O)c1ccc(Cl)cc1O. The lowest BCUT2D eigenvalue weighted by Gasteiger charge is -2.23. The van der Waals surface area contributed by atoms with Crippen molar-refractivity contribution < 1.29 is 28.9 Å². The first kappa shape index (κ1) is 19.8. The van der Waals surface area contributed by atoms with Crippen molar-refractivity contribution in [3.63, 3.8) is 0 Å². The fraction of sp³-hybridized carbons (Fsp3) is 0.300. The van der Waals surface area contributed by atoms with Crippen LogP contribution in [0.2, 0.25) is 5.02 Å². The molecule has 1 N–H and O–H groups in total. The van der Waals surface area contributed by atoms with Gasteiger partial charge in [0.05, 0.1) is 0 Å². The van der Waals surface area contributed by atoms with E-state index >= 15 is 0 Å². The Morgan fingerprint density at radius 3 is 2.61 bits per heavy atom. The number of amides is 1. The van der Waals surface area contributed by atoms with Gasteiger partial charge in [0.2, 0.25) is 0 Å². The third-order valence-electron chi connectivity index (χ3n) is 4.22. The molecule has 2 aromatic rings. The summed E-state index contributed by atoms with van der Waals surface area (Å²) in [6, 6.07) is 9.55. The molecule has 0 atom stereocenters. The average molecular weight is 406 g/mol. The van der Waals surface area contributed by atoms with E-state index in [4.69, 9.17) is 25.8 Å². The number of ether oxygens (including phenoxy) is 3. The van der Waals surface area contributed by atoms with Crippen molar-refractivity contribution in [3.8, 4) is 17.2 Å². The second kappa shape index (κ2) is 8.84. The molecule has 7 nitrogen and oxygen atoms in total. The van der Waals surface area contributed by atoms with Crippen molar-refractivity contribution >= 4 is 23.5 Å². The molecule has 1 aliphatic rings. The van der Waals surface area contributed by atoms with Gasteiger partial charge in [0.25, 0.3) is 5.91 Å². The number of carbonyl (C=O) groups is 2. The number of esters is 1. The van der Waals surface area contributed by atoms with Crippen LogP contribution in [0.15, 0.2) is 36.4 Å². The molecule has 1 amide bonds. The summed E-state index contributed by atoms with van der Waals surface area (Å²) in [6.45, 7) is 3.19. The highest BCUT2D eigenvalue weighted by atomic mass is 35.5. The van der Waals surface area contributed by atoms with E-state index < -0.39 is 12.6 Å². The first-order valence-corrected chi connectivity index (χ1v) is 9.17. The number of halogens is 1. The van der Waals surface area contributed by atoms with Crippen LogP contribution in [-0.2, 0) is 16.1 Å². The van der Waals surface area contributed by atoms with Crippen LogP contribution in [0.5, 0.6) is 17.2 Å². The lowest BCUT2D eigenvalue weighted by atomic mass is 10.1. The van der Waals surface area contributed by atoms with E-state index in [-0.39, 0.29) is 17.2 Å². The van der Waals surface area contributed by atoms with Crippen LogP contribution in [0.4, 0.5) is 0 Å². The van der Waals surface area contributed by atoms with Crippen LogP contribution in [0, 0.1) is 0 Å². The zero-order chi connectivity index (χ0) is 20.1. The Balaban J connectivity index is 1.59. The predicted octanol–water partition coefficient (Wildman–Crippen LogP) is 3.02. The van der Waals surface area contributed by atoms with Crippen LogP contribution in [0.3, 0.4) is 0 Å². The molecule has 0 saturated heterocycles. The maximum Gasteiger partial charge on any atom is 0.342 e. The number of aromatic hydroxyl groups is 1. The van der Waals surface area contributed by atoms with E-state index in [1.54, 1.807) is 4.90 Å². The number of carbonyl (C=O) groups excluding carboxylic acids is 2. The van der Waals surface area contributed by atoms with Gasteiger partial charge < -0.3 is 24.2 Å². The highest BCUT2D eigenvalue weighted by Gasteiger charge is 2.19. The number of rotatable bonds is 6. The Bertz CT molecular complexity index is 885. The van der Waals surface area contributed by atoms with Gasteiger partial charge in [-0.1, -0.05) is 17.7 Å². The molecule has 1 aliphatic heterocycles. The number of phenolic OH excluding ortho intramolecular Hbond substituents is 1. The highest BCUT2D eigenvalue weighted by molar-refractivity contribution is 6.30. The topological polar surface area (TPSA) is 85.3 Å². The number of hydrogen-bond acceptors (Lipinski definition) is 6. The Labute approximate surface area is 167 Å². The summed E-state index contributed by atoms with van der Waals surface area (Å²) in [6.07, 6.45) is 0. The smallest absolute Gasteiger partial charge is 0.342 e. The van der Waals surface area contributed by atoms with Crippen LogP contribution < -0.4 is 9.47 Å². The molecule has 3 rings (SSSR count). The first-order chi connectivity index (χ1) is 13.5. The van der Waals surface area contributed by atoms with E-state index in [2.05, 4.69) is 0 Å². The van der Waals surface area contributed by atoms with Gasteiger partial charge in [0.1, 0.15) is 24.5 Å². The largest absolute Gasteiger partial charge is 0.507 e. The van der Waals surface area contributed by atoms with Crippen LogP contribution in [0.25, 0.3) is 0 Å². The Kier molecular flexibility index (Phi) is 6.26. The summed E-state index contributed by atoms with van der Waals surface area (Å²) in [5.74, 6) is -0.108. The molecular weight excluding hydrogens is 386 g/mol. The molecule has 0 aliphatic carbocycles. The van der Waals surface area contributed by atoms with Gasteiger partial charge in [-0.3, -0.25) is 4.79 Å². The summed E-state index contributed by atoms with van der Waals surface area (Å²) in [5.41, 5.74) is 0.827. The van der Waals surface area contributed by atoms with Crippen LogP contribution >= 0.6 is 11.6 Å². The van der Waals surface area contributed by atoms with E-state index in [9.17, 15) is 14.7 Å². The third-order valence-corrected chi connectivity index (χ3v) is 4.46. The second-order valence-corrected chi connectivity index (χ2v) is 6.56. The number of hydrogen-bond donors (Lipinski definition) is 1. The molecule has 0 bridgehead atoms. The normalized spacial score (nSPS) is 12.4. The fourth-order valence-corrected chi connectivity index (χ4v) is 2.92. The average Bonchev–Trinajstić information content (AvgIpc) is 2.69. The van der Waals surface area contributed by atoms with Crippen molar-refractivity contribution in [2.24, 2.45) is 0 Å². The molecule has 0 aromatic heterocycles. The minimum Gasteiger partial charge on any atom is -0.507 e. The summed E-state index contributed by atoms with van der Waals surface area (Å²) in [4.78, 5) is 26.1. The lowest BCUT2D eigenvalue weighted by molar-refractivity contribution is -0.134. The fourth-order valence-electron chi connectivity index (χ4n) is 2.76. The van der Waals surface area contributed by atoms with Gasteiger partial charge in [-0.2, -0.15) is 0 Å². The van der Waals surface area contributed by atoms with E-state index in [0.717, 1.165) is 5.56 Å². The second-order valence-electron chi connectivity index (χ2n) is 6.12. The van der Waals surface area contributed by atoms with Crippen molar-refractivity contribution in [2.75, 3.05) is 26.4 Å². The number of fused-ring (bicyclic) bond motifs is 1. The minimum absolute atomic E-state index is 0.0490. The highest BCUT2D eigenvalue weighted by Crippen LogP contribution is 2.31. The Morgan fingerprint density at radius 2 is 1.89 bits per heavy atom. The lowest BCUT2D eigenvalue weighted by Crippen LogP contribution is -2.34. The Morgan fingerprint density at radius 1 is 1.14 bits per heavy atom. The Hall–Kier alpha value is -2.93. The van der Waals surface area contributed by atoms with Gasteiger partial charge in [-0.15, -0.1) is 0 Å². The molecular formula is C20H20ClNO6. The van der Waals surface area contributed by atoms with Crippen LogP contribution in [-0.4, -0.2) is 48.2 Å². The van der Waals surface area contributed by atoms with Crippen molar-refractivity contribution in [1.82, 2.24) is 4.90 Å². The molecule has 8 heteroatoms. The molecule has 0 radical (unpaired) electrons. The monoisotopic (exact) mass is 405 g/mol. The summed E-state index contributed by atoms with van der Waals surface area (Å²) < 4.78 is 16.1. The first-order valence-electron chi connectivity index (χ1n) is 8.80. The molecule has 0 saturated carbocycles. The number of nitrogens with zero attached hydrogens (tertiary/aromatic N) is 1. The third kappa shape index (κ3) is 4.67. The van der Waals surface area contributed by atoms with Crippen molar-refractivity contribution in [1.29, 1.82) is 0 Å². The molecule has 2 aromatic carbocycles. The van der Waals surface area contributed by atoms with Crippen LogP contribution in [0.1, 0.15) is 22.8 Å². The van der Waals surface area contributed by atoms with Gasteiger partial charge in [-0.05, 0) is 42.8 Å². The van der Waals surface area contributed by atoms with Crippen molar-refractivity contribution in [2.45, 2.75) is 13.5 Å². The summed E-state index contributed by atoms with van der Waals surface area (Å²) in [5, 5.41) is 10.1. The quantitative estimate of drug-likeness (QED) is 0.743. The molecule has 0 unspecified atom stereocenters. The predicted molar refractivity (Wildman–Crippen MR) is 102 cm³/mol. The summed E-state index contributed by atoms with van der Waals surface area (Å²) >= 11 is 5.74. The number of likely N-dealkylation sites (N-methyl/N-ethyl adjacent to an activating group) is 1. The zero-order valence-corrected chi connectivity index (χ0v) is 16.1. The zero-order valence-electron chi connectivity index (χ0n) is 15.3. The molecule has 0 spiro atoms. The van der Waals surface area contributed by atoms with Crippen molar-refractivity contribution in [3.05, 3.63) is 52.5 Å². The van der Waals surface area contributed by atoms with Gasteiger partial charge in [0.15, 0.2) is 18.1 Å². The van der Waals surface area contributed by atoms with E-state index in [1.165, 1.54) is 18.2 Å². The minimum atomic E-state index is -0.794. The number of phenols is 1. The maximum atomic E-state index is 12.5. The van der Waals surface area contributed by atoms with E-state index in [1.807, 2.05) is 25.1 Å². The number of benzene rings is 2. The van der Waals surface area contributed by atoms with E-state index in [0.29, 0.717) is 42.8 Å². The molecule has 1 heterocycles. The van der Waals surface area contributed by atoms with Gasteiger partial charge in [-0.25, -0.2) is 4.79 Å². The molecule has 148 valence electrons. The maximum absolute atomic E-state index is 12.5. The van der Waals surface area contributed by atoms with Gasteiger partial charge >= 0.3 is 5.97 Å². The molecule has 28 heavy (non-hydrogen) atoms. The summed E-state index contributed by atoms with van der Waals surface area (Å²) in [7, 11) is 0. The standard InChI is InChI=1S/C20H20ClNO6/c1-2-22(11-13-3-6-17-18(9-13)27-8-7-26-17)19(24)12-28-20(25)15-5-4-14(21)10-16(15)23/h3-6,9-10,23H,2,7-8,11-12H2,1H3. The van der Waals surface area contributed by atoms with Gasteiger partial charge in [0, 0.05) is 18.1 Å².